The van der Waals surface area contributed by atoms with Crippen molar-refractivity contribution in [3.63, 3.8) is 0 Å². The zero-order chi connectivity index (χ0) is 27.0. The fourth-order valence-electron chi connectivity index (χ4n) is 3.88. The number of piperazine rings is 1. The Bertz CT molecular complexity index is 1360. The Morgan fingerprint density at radius 3 is 2.35 bits per heavy atom. The highest BCUT2D eigenvalue weighted by molar-refractivity contribution is 7.99. The van der Waals surface area contributed by atoms with E-state index >= 15 is 0 Å². The molecular weight excluding hydrogens is 526 g/mol. The number of carbonyl (C=O) groups is 1. The van der Waals surface area contributed by atoms with E-state index in [9.17, 15) is 22.0 Å². The average molecular weight is 555 g/mol. The van der Waals surface area contributed by atoms with Crippen LogP contribution in [0.1, 0.15) is 38.5 Å². The molecule has 1 aromatic carbocycles. The summed E-state index contributed by atoms with van der Waals surface area (Å²) in [6.45, 7) is 7.05. The van der Waals surface area contributed by atoms with Gasteiger partial charge in [0.1, 0.15) is 5.69 Å². The summed E-state index contributed by atoms with van der Waals surface area (Å²) in [5.41, 5.74) is 0.538. The molecule has 14 heteroatoms. The van der Waals surface area contributed by atoms with Crippen molar-refractivity contribution in [1.29, 1.82) is 0 Å². The van der Waals surface area contributed by atoms with E-state index in [-0.39, 0.29) is 64.8 Å². The second-order valence-corrected chi connectivity index (χ2v) is 12.5. The van der Waals surface area contributed by atoms with Gasteiger partial charge in [0.25, 0.3) is 17.5 Å². The van der Waals surface area contributed by atoms with Gasteiger partial charge in [0.2, 0.25) is 15.9 Å². The lowest BCUT2D eigenvalue weighted by Gasteiger charge is -2.34. The summed E-state index contributed by atoms with van der Waals surface area (Å²) in [6.07, 6.45) is -1.44. The predicted molar refractivity (Wildman–Crippen MR) is 133 cm³/mol. The highest BCUT2D eigenvalue weighted by Gasteiger charge is 2.31. The third-order valence-corrected chi connectivity index (χ3v) is 8.69. The molecule has 0 N–H and O–H groups in total. The standard InChI is InChI=1S/C23H28F2N6O4S2/c1-23(2,3)15-5-7-16(8-6-15)37(33,34)31-11-9-30(10-12-31)18(32)14-36-22-27-26-21(35-22)17-13-29(4)28-19(17)20(24)25/h5-8,13,20H,9-12,14H2,1-4H3. The SMILES string of the molecule is Cn1cc(-c2nnc(SCC(=O)N3CCN(S(=O)(=O)c4ccc(C(C)(C)C)cc4)CC3)o2)c(C(F)F)n1. The van der Waals surface area contributed by atoms with Gasteiger partial charge >= 0.3 is 0 Å². The number of thioether (sulfide) groups is 1. The van der Waals surface area contributed by atoms with E-state index in [2.05, 4.69) is 36.1 Å². The molecule has 0 unspecified atom stereocenters. The number of aromatic nitrogens is 4. The maximum Gasteiger partial charge on any atom is 0.282 e. The van der Waals surface area contributed by atoms with Crippen LogP contribution in [-0.4, -0.2) is 75.4 Å². The first kappa shape index (κ1) is 27.2. The number of benzene rings is 1. The van der Waals surface area contributed by atoms with E-state index in [1.54, 1.807) is 17.0 Å². The van der Waals surface area contributed by atoms with Gasteiger partial charge in [-0.3, -0.25) is 9.48 Å². The van der Waals surface area contributed by atoms with Crippen LogP contribution in [0.3, 0.4) is 0 Å². The summed E-state index contributed by atoms with van der Waals surface area (Å²) in [4.78, 5) is 14.5. The minimum absolute atomic E-state index is 0.0165. The number of carbonyl (C=O) groups excluding carboxylic acids is 1. The molecule has 0 radical (unpaired) electrons. The second kappa shape index (κ2) is 10.5. The Balaban J connectivity index is 1.32. The van der Waals surface area contributed by atoms with Gasteiger partial charge in [-0.05, 0) is 23.1 Å². The van der Waals surface area contributed by atoms with Crippen LogP contribution in [0.4, 0.5) is 8.78 Å². The van der Waals surface area contributed by atoms with Gasteiger partial charge in [-0.2, -0.15) is 9.40 Å². The quantitative estimate of drug-likeness (QED) is 0.409. The van der Waals surface area contributed by atoms with E-state index in [0.29, 0.717) is 0 Å². The number of amides is 1. The van der Waals surface area contributed by atoms with E-state index in [0.717, 1.165) is 17.3 Å². The smallest absolute Gasteiger partial charge is 0.282 e. The van der Waals surface area contributed by atoms with Crippen LogP contribution in [0.5, 0.6) is 0 Å². The van der Waals surface area contributed by atoms with Crippen LogP contribution in [-0.2, 0) is 27.3 Å². The number of hydrogen-bond acceptors (Lipinski definition) is 8. The van der Waals surface area contributed by atoms with E-state index < -0.39 is 22.1 Å². The fraction of sp³-hybridized carbons (Fsp3) is 0.478. The minimum atomic E-state index is -3.66. The van der Waals surface area contributed by atoms with Crippen LogP contribution >= 0.6 is 11.8 Å². The van der Waals surface area contributed by atoms with Crippen molar-refractivity contribution in [3.8, 4) is 11.5 Å². The lowest BCUT2D eigenvalue weighted by Crippen LogP contribution is -2.50. The van der Waals surface area contributed by atoms with E-state index in [4.69, 9.17) is 4.42 Å². The lowest BCUT2D eigenvalue weighted by atomic mass is 9.87. The minimum Gasteiger partial charge on any atom is -0.411 e. The summed E-state index contributed by atoms with van der Waals surface area (Å²) in [5, 5.41) is 11.4. The molecule has 0 saturated carbocycles. The summed E-state index contributed by atoms with van der Waals surface area (Å²) in [6, 6.07) is 6.90. The van der Waals surface area contributed by atoms with Crippen molar-refractivity contribution < 1.29 is 26.4 Å². The van der Waals surface area contributed by atoms with Gasteiger partial charge in [0.05, 0.1) is 16.2 Å². The molecule has 4 rings (SSSR count). The van der Waals surface area contributed by atoms with Crippen LogP contribution in [0.2, 0.25) is 0 Å². The number of hydrogen-bond donors (Lipinski definition) is 0. The monoisotopic (exact) mass is 554 g/mol. The number of nitrogens with zero attached hydrogens (tertiary/aromatic N) is 6. The normalized spacial score (nSPS) is 15.5. The van der Waals surface area contributed by atoms with Crippen molar-refractivity contribution in [1.82, 2.24) is 29.2 Å². The first-order valence-corrected chi connectivity index (χ1v) is 14.0. The molecule has 200 valence electrons. The number of alkyl halides is 2. The first-order valence-electron chi connectivity index (χ1n) is 11.5. The van der Waals surface area contributed by atoms with Gasteiger partial charge in [-0.15, -0.1) is 10.2 Å². The van der Waals surface area contributed by atoms with Crippen LogP contribution < -0.4 is 0 Å². The maximum atomic E-state index is 13.2. The van der Waals surface area contributed by atoms with Gasteiger partial charge < -0.3 is 9.32 Å². The summed E-state index contributed by atoms with van der Waals surface area (Å²) in [5.74, 6) is -0.337. The molecule has 0 atom stereocenters. The van der Waals surface area contributed by atoms with E-state index in [1.165, 1.54) is 22.2 Å². The van der Waals surface area contributed by atoms with Crippen LogP contribution in [0.15, 0.2) is 45.0 Å². The lowest BCUT2D eigenvalue weighted by molar-refractivity contribution is -0.129. The molecule has 1 aliphatic heterocycles. The molecule has 3 aromatic rings. The molecule has 0 bridgehead atoms. The number of halogens is 2. The number of aryl methyl sites for hydroxylation is 1. The largest absolute Gasteiger partial charge is 0.411 e. The van der Waals surface area contributed by atoms with Gasteiger partial charge in [0.15, 0.2) is 0 Å². The van der Waals surface area contributed by atoms with Crippen molar-refractivity contribution >= 4 is 27.7 Å². The van der Waals surface area contributed by atoms with Crippen molar-refractivity contribution in [3.05, 3.63) is 41.7 Å². The zero-order valence-corrected chi connectivity index (χ0v) is 22.5. The number of sulfonamides is 1. The van der Waals surface area contributed by atoms with Crippen molar-refractivity contribution in [2.45, 2.75) is 42.7 Å². The zero-order valence-electron chi connectivity index (χ0n) is 20.9. The molecule has 0 aliphatic carbocycles. The average Bonchev–Trinajstić information content (AvgIpc) is 3.48. The molecule has 1 saturated heterocycles. The molecule has 0 spiro atoms. The summed E-state index contributed by atoms with van der Waals surface area (Å²) >= 11 is 0.987. The third-order valence-electron chi connectivity index (χ3n) is 5.97. The molecule has 10 nitrogen and oxygen atoms in total. The Kier molecular flexibility index (Phi) is 7.72. The summed E-state index contributed by atoms with van der Waals surface area (Å²) < 4.78 is 60.6. The Morgan fingerprint density at radius 1 is 1.11 bits per heavy atom. The Hall–Kier alpha value is -2.84. The molecule has 3 heterocycles. The maximum absolute atomic E-state index is 13.2. The first-order chi connectivity index (χ1) is 17.4. The molecule has 1 aliphatic rings. The highest BCUT2D eigenvalue weighted by Crippen LogP contribution is 2.31. The molecule has 1 fully saturated rings. The Labute approximate surface area is 218 Å². The molecule has 1 amide bonds. The van der Waals surface area contributed by atoms with Crippen molar-refractivity contribution in [2.24, 2.45) is 7.05 Å². The number of rotatable bonds is 7. The second-order valence-electron chi connectivity index (χ2n) is 9.62. The third kappa shape index (κ3) is 6.02. The van der Waals surface area contributed by atoms with Gasteiger partial charge in [-0.25, -0.2) is 17.2 Å². The van der Waals surface area contributed by atoms with Gasteiger partial charge in [-0.1, -0.05) is 44.7 Å². The molecule has 37 heavy (non-hydrogen) atoms. The topological polar surface area (TPSA) is 114 Å². The predicted octanol–water partition coefficient (Wildman–Crippen LogP) is 3.33. The summed E-state index contributed by atoms with van der Waals surface area (Å²) in [7, 11) is -2.16. The van der Waals surface area contributed by atoms with Crippen molar-refractivity contribution in [2.75, 3.05) is 31.9 Å². The van der Waals surface area contributed by atoms with Crippen LogP contribution in [0, 0.1) is 0 Å². The fourth-order valence-corrected chi connectivity index (χ4v) is 5.97. The highest BCUT2D eigenvalue weighted by atomic mass is 32.2. The van der Waals surface area contributed by atoms with E-state index in [1.807, 2.05) is 12.1 Å². The van der Waals surface area contributed by atoms with Crippen LogP contribution in [0.25, 0.3) is 11.5 Å². The molecular formula is C23H28F2N6O4S2. The molecule has 2 aromatic heterocycles. The Morgan fingerprint density at radius 2 is 1.76 bits per heavy atom. The van der Waals surface area contributed by atoms with Gasteiger partial charge in [0, 0.05) is 39.4 Å².